The second-order valence-electron chi connectivity index (χ2n) is 3.95. The second-order valence-corrected chi connectivity index (χ2v) is 5.11. The average molecular weight is 305 g/mol. The first-order valence-corrected chi connectivity index (χ1v) is 6.62. The van der Waals surface area contributed by atoms with Gasteiger partial charge in [0.25, 0.3) is 0 Å². The van der Waals surface area contributed by atoms with Crippen LogP contribution in [-0.2, 0) is 6.54 Å². The Morgan fingerprint density at radius 3 is 2.61 bits per heavy atom. The van der Waals surface area contributed by atoms with Gasteiger partial charge in [0.05, 0.1) is 27.9 Å². The van der Waals surface area contributed by atoms with E-state index in [1.807, 2.05) is 25.1 Å². The summed E-state index contributed by atoms with van der Waals surface area (Å²) in [5.41, 5.74) is 0.914. The summed E-state index contributed by atoms with van der Waals surface area (Å²) < 4.78 is 5.25. The standard InChI is InChI=1S/C13H12Cl3NO/c1-8(17-7-9-3-2-6-18-9)10-4-5-11(14)13(16)12(10)15/h2-6,8,17H,7H2,1H3. The third-order valence-corrected chi connectivity index (χ3v) is 4.00. The molecular weight excluding hydrogens is 293 g/mol. The van der Waals surface area contributed by atoms with E-state index >= 15 is 0 Å². The molecule has 0 fully saturated rings. The van der Waals surface area contributed by atoms with Crippen LogP contribution < -0.4 is 5.32 Å². The topological polar surface area (TPSA) is 25.2 Å². The average Bonchev–Trinajstić information content (AvgIpc) is 2.86. The van der Waals surface area contributed by atoms with Crippen LogP contribution in [0.5, 0.6) is 0 Å². The number of hydrogen-bond donors (Lipinski definition) is 1. The van der Waals surface area contributed by atoms with Crippen molar-refractivity contribution < 1.29 is 4.42 Å². The first kappa shape index (κ1) is 13.8. The van der Waals surface area contributed by atoms with Gasteiger partial charge in [-0.05, 0) is 30.7 Å². The minimum absolute atomic E-state index is 0.0531. The van der Waals surface area contributed by atoms with Gasteiger partial charge in [-0.15, -0.1) is 0 Å². The van der Waals surface area contributed by atoms with Crippen LogP contribution in [0.25, 0.3) is 0 Å². The highest BCUT2D eigenvalue weighted by Gasteiger charge is 2.14. The van der Waals surface area contributed by atoms with E-state index < -0.39 is 0 Å². The fraction of sp³-hybridized carbons (Fsp3) is 0.231. The third kappa shape index (κ3) is 3.01. The lowest BCUT2D eigenvalue weighted by Crippen LogP contribution is -2.18. The van der Waals surface area contributed by atoms with Gasteiger partial charge in [-0.25, -0.2) is 0 Å². The van der Waals surface area contributed by atoms with Crippen molar-refractivity contribution in [2.24, 2.45) is 0 Å². The summed E-state index contributed by atoms with van der Waals surface area (Å²) in [5.74, 6) is 0.873. The monoisotopic (exact) mass is 303 g/mol. The van der Waals surface area contributed by atoms with Gasteiger partial charge < -0.3 is 9.73 Å². The molecule has 1 heterocycles. The van der Waals surface area contributed by atoms with Crippen molar-refractivity contribution >= 4 is 34.8 Å². The molecule has 1 N–H and O–H groups in total. The summed E-state index contributed by atoms with van der Waals surface area (Å²) >= 11 is 18.1. The van der Waals surface area contributed by atoms with Crippen LogP contribution in [0.1, 0.15) is 24.3 Å². The summed E-state index contributed by atoms with van der Waals surface area (Å²) in [5, 5.41) is 4.65. The van der Waals surface area contributed by atoms with E-state index in [2.05, 4.69) is 5.32 Å². The summed E-state index contributed by atoms with van der Waals surface area (Å²) in [6.07, 6.45) is 1.65. The van der Waals surface area contributed by atoms with E-state index in [0.717, 1.165) is 11.3 Å². The highest BCUT2D eigenvalue weighted by molar-refractivity contribution is 6.48. The molecule has 0 spiro atoms. The van der Waals surface area contributed by atoms with E-state index in [9.17, 15) is 0 Å². The molecule has 0 aliphatic heterocycles. The Kier molecular flexibility index (Phi) is 4.57. The Morgan fingerprint density at radius 2 is 1.94 bits per heavy atom. The molecule has 2 aromatic rings. The predicted molar refractivity (Wildman–Crippen MR) is 75.4 cm³/mol. The van der Waals surface area contributed by atoms with Crippen LogP contribution in [0.15, 0.2) is 34.9 Å². The van der Waals surface area contributed by atoms with Crippen molar-refractivity contribution in [3.63, 3.8) is 0 Å². The van der Waals surface area contributed by atoms with Crippen molar-refractivity contribution in [1.29, 1.82) is 0 Å². The van der Waals surface area contributed by atoms with Crippen LogP contribution in [0, 0.1) is 0 Å². The molecule has 1 atom stereocenters. The van der Waals surface area contributed by atoms with Crippen molar-refractivity contribution in [3.05, 3.63) is 56.9 Å². The van der Waals surface area contributed by atoms with E-state index in [-0.39, 0.29) is 6.04 Å². The van der Waals surface area contributed by atoms with E-state index in [0.29, 0.717) is 21.6 Å². The molecule has 0 amide bonds. The van der Waals surface area contributed by atoms with Crippen molar-refractivity contribution in [2.45, 2.75) is 19.5 Å². The zero-order chi connectivity index (χ0) is 13.1. The Balaban J connectivity index is 2.09. The molecule has 0 bridgehead atoms. The van der Waals surface area contributed by atoms with E-state index in [1.165, 1.54) is 0 Å². The largest absolute Gasteiger partial charge is 0.468 e. The summed E-state index contributed by atoms with van der Waals surface area (Å²) in [6.45, 7) is 2.64. The fourth-order valence-corrected chi connectivity index (χ4v) is 2.36. The molecule has 0 saturated heterocycles. The molecule has 1 unspecified atom stereocenters. The van der Waals surface area contributed by atoms with Crippen molar-refractivity contribution in [3.8, 4) is 0 Å². The first-order chi connectivity index (χ1) is 8.59. The Hall–Kier alpha value is -0.670. The molecular formula is C13H12Cl3NO. The van der Waals surface area contributed by atoms with Crippen molar-refractivity contribution in [2.75, 3.05) is 0 Å². The quantitative estimate of drug-likeness (QED) is 0.796. The maximum absolute atomic E-state index is 6.17. The lowest BCUT2D eigenvalue weighted by atomic mass is 10.1. The molecule has 0 aliphatic carbocycles. The van der Waals surface area contributed by atoms with Crippen LogP contribution >= 0.6 is 34.8 Å². The molecule has 0 saturated carbocycles. The molecule has 1 aromatic carbocycles. The summed E-state index contributed by atoms with van der Waals surface area (Å²) in [7, 11) is 0. The van der Waals surface area contributed by atoms with Crippen LogP contribution in [0.4, 0.5) is 0 Å². The van der Waals surface area contributed by atoms with E-state index in [1.54, 1.807) is 12.3 Å². The van der Waals surface area contributed by atoms with Crippen LogP contribution in [0.3, 0.4) is 0 Å². The number of rotatable bonds is 4. The number of furan rings is 1. The van der Waals surface area contributed by atoms with Crippen LogP contribution in [-0.4, -0.2) is 0 Å². The Morgan fingerprint density at radius 1 is 1.17 bits per heavy atom. The van der Waals surface area contributed by atoms with Crippen molar-refractivity contribution in [1.82, 2.24) is 5.32 Å². The minimum Gasteiger partial charge on any atom is -0.468 e. The highest BCUT2D eigenvalue weighted by Crippen LogP contribution is 2.35. The summed E-state index contributed by atoms with van der Waals surface area (Å²) in [6, 6.07) is 7.44. The SMILES string of the molecule is CC(NCc1ccco1)c1ccc(Cl)c(Cl)c1Cl. The fourth-order valence-electron chi connectivity index (χ4n) is 1.65. The van der Waals surface area contributed by atoms with Gasteiger partial charge >= 0.3 is 0 Å². The second kappa shape index (κ2) is 5.98. The van der Waals surface area contributed by atoms with Gasteiger partial charge in [-0.3, -0.25) is 0 Å². The van der Waals surface area contributed by atoms with Gasteiger partial charge in [0.1, 0.15) is 5.76 Å². The molecule has 2 rings (SSSR count). The first-order valence-electron chi connectivity index (χ1n) is 5.48. The van der Waals surface area contributed by atoms with Gasteiger partial charge in [-0.1, -0.05) is 40.9 Å². The van der Waals surface area contributed by atoms with Gasteiger partial charge in [0.2, 0.25) is 0 Å². The zero-order valence-corrected chi connectivity index (χ0v) is 12.0. The molecule has 18 heavy (non-hydrogen) atoms. The van der Waals surface area contributed by atoms with Gasteiger partial charge in [0, 0.05) is 6.04 Å². The van der Waals surface area contributed by atoms with E-state index in [4.69, 9.17) is 39.2 Å². The lowest BCUT2D eigenvalue weighted by molar-refractivity contribution is 0.460. The maximum Gasteiger partial charge on any atom is 0.117 e. The zero-order valence-electron chi connectivity index (χ0n) is 9.71. The smallest absolute Gasteiger partial charge is 0.117 e. The normalized spacial score (nSPS) is 12.7. The molecule has 0 radical (unpaired) electrons. The third-order valence-electron chi connectivity index (χ3n) is 2.69. The van der Waals surface area contributed by atoms with Gasteiger partial charge in [0.15, 0.2) is 0 Å². The molecule has 0 aliphatic rings. The minimum atomic E-state index is 0.0531. The molecule has 5 heteroatoms. The number of benzene rings is 1. The highest BCUT2D eigenvalue weighted by atomic mass is 35.5. The summed E-state index contributed by atoms with van der Waals surface area (Å²) in [4.78, 5) is 0. The van der Waals surface area contributed by atoms with Gasteiger partial charge in [-0.2, -0.15) is 0 Å². The maximum atomic E-state index is 6.17. The molecule has 2 nitrogen and oxygen atoms in total. The number of nitrogens with one attached hydrogen (secondary N) is 1. The lowest BCUT2D eigenvalue weighted by Gasteiger charge is -2.16. The molecule has 1 aromatic heterocycles. The number of halogens is 3. The molecule has 96 valence electrons. The number of hydrogen-bond acceptors (Lipinski definition) is 2. The Labute approximate surface area is 121 Å². The Bertz CT molecular complexity index is 525. The predicted octanol–water partition coefficient (Wildman–Crippen LogP) is 5.09. The van der Waals surface area contributed by atoms with Crippen LogP contribution in [0.2, 0.25) is 15.1 Å².